The first-order chi connectivity index (χ1) is 7.20. The lowest BCUT2D eigenvalue weighted by molar-refractivity contribution is -0.125. The largest absolute Gasteiger partial charge is 0.381 e. The van der Waals surface area contributed by atoms with Gasteiger partial charge in [0.2, 0.25) is 0 Å². The van der Waals surface area contributed by atoms with E-state index in [1.807, 2.05) is 6.92 Å². The van der Waals surface area contributed by atoms with Gasteiger partial charge in [0.25, 0.3) is 0 Å². The Bertz CT molecular complexity index is 211. The molecular formula is C11H18O4. The summed E-state index contributed by atoms with van der Waals surface area (Å²) < 4.78 is 5.02. The lowest BCUT2D eigenvalue weighted by Crippen LogP contribution is -2.07. The summed E-state index contributed by atoms with van der Waals surface area (Å²) in [6, 6.07) is 0. The van der Waals surface area contributed by atoms with Gasteiger partial charge in [-0.25, -0.2) is 0 Å². The third kappa shape index (κ3) is 9.28. The molecule has 0 bridgehead atoms. The third-order valence-corrected chi connectivity index (χ3v) is 1.95. The molecule has 0 aliphatic carbocycles. The monoisotopic (exact) mass is 214 g/mol. The summed E-state index contributed by atoms with van der Waals surface area (Å²) in [4.78, 5) is 32.3. The average molecular weight is 214 g/mol. The number of ether oxygens (including phenoxy) is 1. The van der Waals surface area contributed by atoms with Crippen LogP contribution >= 0.6 is 0 Å². The molecule has 0 amide bonds. The van der Waals surface area contributed by atoms with Gasteiger partial charge in [0.1, 0.15) is 17.9 Å². The first-order valence-corrected chi connectivity index (χ1v) is 5.25. The molecule has 4 heteroatoms. The van der Waals surface area contributed by atoms with Crippen molar-refractivity contribution in [2.45, 2.75) is 39.0 Å². The fourth-order valence-corrected chi connectivity index (χ4v) is 1.08. The number of carbonyl (C=O) groups is 3. The molecule has 15 heavy (non-hydrogen) atoms. The second-order valence-corrected chi connectivity index (χ2v) is 3.23. The first kappa shape index (κ1) is 14.0. The molecule has 0 aromatic rings. The average Bonchev–Trinajstić information content (AvgIpc) is 2.24. The molecule has 0 aromatic heterocycles. The van der Waals surface area contributed by atoms with Crippen molar-refractivity contribution in [1.29, 1.82) is 0 Å². The molecule has 0 heterocycles. The van der Waals surface area contributed by atoms with E-state index in [4.69, 9.17) is 4.74 Å². The lowest BCUT2D eigenvalue weighted by Gasteiger charge is -2.00. The molecule has 4 nitrogen and oxygen atoms in total. The number of rotatable bonds is 10. The highest BCUT2D eigenvalue weighted by Gasteiger charge is 2.06. The molecule has 86 valence electrons. The Morgan fingerprint density at radius 2 is 1.67 bits per heavy atom. The molecule has 0 spiro atoms. The van der Waals surface area contributed by atoms with Gasteiger partial charge in [0.15, 0.2) is 0 Å². The minimum atomic E-state index is -0.0214. The van der Waals surface area contributed by atoms with E-state index in [0.717, 1.165) is 6.29 Å². The Morgan fingerprint density at radius 1 is 1.07 bits per heavy atom. The van der Waals surface area contributed by atoms with E-state index >= 15 is 0 Å². The second-order valence-electron chi connectivity index (χ2n) is 3.23. The van der Waals surface area contributed by atoms with E-state index in [0.29, 0.717) is 19.6 Å². The molecule has 0 atom stereocenters. The van der Waals surface area contributed by atoms with E-state index in [9.17, 15) is 14.4 Å². The normalized spacial score (nSPS) is 9.93. The molecule has 0 saturated heterocycles. The molecule has 0 fully saturated rings. The SMILES string of the molecule is CCOCCC(=O)CCC(=O)CCC=O. The molecule has 0 saturated carbocycles. The van der Waals surface area contributed by atoms with Gasteiger partial charge in [0, 0.05) is 38.7 Å². The zero-order valence-electron chi connectivity index (χ0n) is 9.16. The van der Waals surface area contributed by atoms with Crippen LogP contribution in [0.2, 0.25) is 0 Å². The lowest BCUT2D eigenvalue weighted by atomic mass is 10.1. The minimum Gasteiger partial charge on any atom is -0.381 e. The number of Topliss-reactive ketones (excluding diaryl/α,β-unsaturated/α-hetero) is 2. The fourth-order valence-electron chi connectivity index (χ4n) is 1.08. The van der Waals surface area contributed by atoms with Crippen LogP contribution in [0.5, 0.6) is 0 Å². The van der Waals surface area contributed by atoms with E-state index in [2.05, 4.69) is 0 Å². The third-order valence-electron chi connectivity index (χ3n) is 1.95. The molecule has 0 aromatic carbocycles. The standard InChI is InChI=1S/C11H18O4/c1-2-15-9-7-11(14)6-5-10(13)4-3-8-12/h8H,2-7,9H2,1H3. The van der Waals surface area contributed by atoms with Crippen LogP contribution < -0.4 is 0 Å². The van der Waals surface area contributed by atoms with Crippen LogP contribution in [-0.4, -0.2) is 31.1 Å². The topological polar surface area (TPSA) is 60.4 Å². The van der Waals surface area contributed by atoms with Crippen molar-refractivity contribution < 1.29 is 19.1 Å². The zero-order valence-corrected chi connectivity index (χ0v) is 9.16. The molecular weight excluding hydrogens is 196 g/mol. The van der Waals surface area contributed by atoms with Crippen LogP contribution in [0.25, 0.3) is 0 Å². The Morgan fingerprint density at radius 3 is 2.20 bits per heavy atom. The Balaban J connectivity index is 3.44. The molecule has 0 aliphatic rings. The smallest absolute Gasteiger partial charge is 0.135 e. The van der Waals surface area contributed by atoms with Crippen molar-refractivity contribution in [3.05, 3.63) is 0 Å². The van der Waals surface area contributed by atoms with Crippen molar-refractivity contribution in [3.63, 3.8) is 0 Å². The fraction of sp³-hybridized carbons (Fsp3) is 0.727. The van der Waals surface area contributed by atoms with E-state index in [1.165, 1.54) is 0 Å². The molecule has 0 unspecified atom stereocenters. The quantitative estimate of drug-likeness (QED) is 0.406. The predicted molar refractivity (Wildman–Crippen MR) is 55.7 cm³/mol. The summed E-state index contributed by atoms with van der Waals surface area (Å²) in [5, 5.41) is 0. The highest BCUT2D eigenvalue weighted by molar-refractivity contribution is 5.86. The number of hydrogen-bond donors (Lipinski definition) is 0. The van der Waals surface area contributed by atoms with Crippen LogP contribution in [-0.2, 0) is 19.1 Å². The van der Waals surface area contributed by atoms with Gasteiger partial charge in [0.05, 0.1) is 6.61 Å². The Hall–Kier alpha value is -1.03. The number of carbonyl (C=O) groups excluding carboxylic acids is 3. The van der Waals surface area contributed by atoms with Gasteiger partial charge in [-0.3, -0.25) is 9.59 Å². The zero-order chi connectivity index (χ0) is 11.5. The van der Waals surface area contributed by atoms with Gasteiger partial charge in [-0.2, -0.15) is 0 Å². The predicted octanol–water partition coefficient (Wildman–Crippen LogP) is 1.31. The first-order valence-electron chi connectivity index (χ1n) is 5.25. The van der Waals surface area contributed by atoms with E-state index in [-0.39, 0.29) is 37.2 Å². The van der Waals surface area contributed by atoms with Crippen LogP contribution in [0.15, 0.2) is 0 Å². The van der Waals surface area contributed by atoms with Crippen LogP contribution in [0, 0.1) is 0 Å². The number of ketones is 2. The van der Waals surface area contributed by atoms with Gasteiger partial charge >= 0.3 is 0 Å². The highest BCUT2D eigenvalue weighted by Crippen LogP contribution is 2.00. The van der Waals surface area contributed by atoms with Gasteiger partial charge in [-0.15, -0.1) is 0 Å². The van der Waals surface area contributed by atoms with Crippen LogP contribution in [0.3, 0.4) is 0 Å². The van der Waals surface area contributed by atoms with Gasteiger partial charge < -0.3 is 9.53 Å². The van der Waals surface area contributed by atoms with E-state index in [1.54, 1.807) is 0 Å². The second kappa shape index (κ2) is 9.52. The van der Waals surface area contributed by atoms with Crippen molar-refractivity contribution >= 4 is 17.9 Å². The van der Waals surface area contributed by atoms with Crippen LogP contribution in [0.4, 0.5) is 0 Å². The summed E-state index contributed by atoms with van der Waals surface area (Å²) in [6.07, 6.45) is 2.11. The van der Waals surface area contributed by atoms with Gasteiger partial charge in [-0.1, -0.05) is 0 Å². The number of hydrogen-bond acceptors (Lipinski definition) is 4. The Labute approximate surface area is 90.0 Å². The van der Waals surface area contributed by atoms with Crippen molar-refractivity contribution in [3.8, 4) is 0 Å². The molecule has 0 aliphatic heterocycles. The molecule has 0 radical (unpaired) electrons. The maximum atomic E-state index is 11.2. The maximum Gasteiger partial charge on any atom is 0.135 e. The van der Waals surface area contributed by atoms with Crippen molar-refractivity contribution in [2.75, 3.05) is 13.2 Å². The van der Waals surface area contributed by atoms with Crippen molar-refractivity contribution in [2.24, 2.45) is 0 Å². The Kier molecular flexibility index (Phi) is 8.87. The van der Waals surface area contributed by atoms with E-state index < -0.39 is 0 Å². The molecule has 0 rings (SSSR count). The highest BCUT2D eigenvalue weighted by atomic mass is 16.5. The number of aldehydes is 1. The molecule has 0 N–H and O–H groups in total. The minimum absolute atomic E-state index is 0.0214. The van der Waals surface area contributed by atoms with Crippen LogP contribution in [0.1, 0.15) is 39.0 Å². The summed E-state index contributed by atoms with van der Waals surface area (Å²) in [7, 11) is 0. The van der Waals surface area contributed by atoms with Crippen molar-refractivity contribution in [1.82, 2.24) is 0 Å². The van der Waals surface area contributed by atoms with Gasteiger partial charge in [-0.05, 0) is 6.92 Å². The summed E-state index contributed by atoms with van der Waals surface area (Å²) in [6.45, 7) is 2.90. The maximum absolute atomic E-state index is 11.2. The summed E-state index contributed by atoms with van der Waals surface area (Å²) >= 11 is 0. The summed E-state index contributed by atoms with van der Waals surface area (Å²) in [5.41, 5.74) is 0. The summed E-state index contributed by atoms with van der Waals surface area (Å²) in [5.74, 6) is 0.0229.